The van der Waals surface area contributed by atoms with Gasteiger partial charge in [-0.3, -0.25) is 4.79 Å². The van der Waals surface area contributed by atoms with Crippen LogP contribution in [0.25, 0.3) is 5.57 Å². The van der Waals surface area contributed by atoms with Crippen LogP contribution in [0, 0.1) is 56.7 Å². The number of aromatic carboxylic acids is 1. The molecule has 0 saturated heterocycles. The standard InChI is InChI=1S/C40H58N2O3/c1-25(2)28-15-20-40(35(45)42-24-8-23-41)22-21-38(6)30(33(28)40)13-14-32-37(5)18-16-29(26-9-11-27(12-10-26)34(43)44)36(3,4)31(37)17-19-39(32,38)7/h9-12,16,28,30-33H,1,8,13-15,17-24,41H2,2-7H3,(H,42,45)(H,43,44). The van der Waals surface area contributed by atoms with Gasteiger partial charge >= 0.3 is 5.97 Å². The van der Waals surface area contributed by atoms with Gasteiger partial charge in [0.2, 0.25) is 5.91 Å². The number of carbonyl (C=O) groups excluding carboxylic acids is 1. The lowest BCUT2D eigenvalue weighted by Crippen LogP contribution is -2.66. The fourth-order valence-corrected chi connectivity index (χ4v) is 12.9. The Hall–Kier alpha value is -2.40. The highest BCUT2D eigenvalue weighted by atomic mass is 16.4. The van der Waals surface area contributed by atoms with Gasteiger partial charge in [-0.15, -0.1) is 0 Å². The summed E-state index contributed by atoms with van der Waals surface area (Å²) in [7, 11) is 0. The monoisotopic (exact) mass is 614 g/mol. The minimum Gasteiger partial charge on any atom is -0.478 e. The van der Waals surface area contributed by atoms with Gasteiger partial charge in [0.25, 0.3) is 0 Å². The van der Waals surface area contributed by atoms with Gasteiger partial charge in [0.05, 0.1) is 11.0 Å². The van der Waals surface area contributed by atoms with Crippen molar-refractivity contribution in [2.45, 2.75) is 106 Å². The van der Waals surface area contributed by atoms with Crippen LogP contribution in [0.4, 0.5) is 0 Å². The van der Waals surface area contributed by atoms with Gasteiger partial charge in [-0.25, -0.2) is 4.79 Å². The predicted molar refractivity (Wildman–Crippen MR) is 182 cm³/mol. The molecule has 5 heteroatoms. The zero-order chi connectivity index (χ0) is 32.6. The molecule has 9 unspecified atom stereocenters. The highest BCUT2D eigenvalue weighted by Crippen LogP contribution is 2.77. The van der Waals surface area contributed by atoms with Gasteiger partial charge in [0, 0.05) is 6.54 Å². The van der Waals surface area contributed by atoms with Crippen LogP contribution in [0.2, 0.25) is 0 Å². The Bertz CT molecular complexity index is 1390. The summed E-state index contributed by atoms with van der Waals surface area (Å²) in [6, 6.07) is 7.54. The smallest absolute Gasteiger partial charge is 0.335 e. The SMILES string of the molecule is C=C(C)C1CCC2(C(=O)NCCCN)CCC3(C)C(CCC4C5(C)CC=C(c6ccc(C(=O)O)cc6)C(C)(C)C5CCC43C)C12. The summed E-state index contributed by atoms with van der Waals surface area (Å²) in [5, 5.41) is 12.8. The van der Waals surface area contributed by atoms with E-state index in [0.717, 1.165) is 44.1 Å². The van der Waals surface area contributed by atoms with E-state index in [1.54, 1.807) is 12.1 Å². The van der Waals surface area contributed by atoms with E-state index in [2.05, 4.69) is 59.5 Å². The van der Waals surface area contributed by atoms with Crippen molar-refractivity contribution in [1.82, 2.24) is 5.32 Å². The Morgan fingerprint density at radius 3 is 2.29 bits per heavy atom. The van der Waals surface area contributed by atoms with E-state index in [9.17, 15) is 14.7 Å². The number of rotatable bonds is 7. The van der Waals surface area contributed by atoms with Crippen molar-refractivity contribution in [2.75, 3.05) is 13.1 Å². The number of carboxylic acid groups (broad SMARTS) is 1. The minimum absolute atomic E-state index is 0.00331. The third-order valence-electron chi connectivity index (χ3n) is 15.2. The first-order valence-electron chi connectivity index (χ1n) is 17.9. The second kappa shape index (κ2) is 11.1. The zero-order valence-electron chi connectivity index (χ0n) is 28.8. The highest BCUT2D eigenvalue weighted by Gasteiger charge is 2.71. The lowest BCUT2D eigenvalue weighted by Gasteiger charge is -2.72. The number of benzene rings is 1. The quantitative estimate of drug-likeness (QED) is 0.212. The molecule has 5 aliphatic carbocycles. The van der Waals surface area contributed by atoms with E-state index < -0.39 is 5.97 Å². The summed E-state index contributed by atoms with van der Waals surface area (Å²) in [5.41, 5.74) is 10.3. The Kier molecular flexibility index (Phi) is 8.03. The molecule has 0 aliphatic heterocycles. The average Bonchev–Trinajstić information content (AvgIpc) is 3.39. The molecule has 5 nitrogen and oxygen atoms in total. The molecule has 4 saturated carbocycles. The van der Waals surface area contributed by atoms with E-state index in [1.165, 1.54) is 36.8 Å². The maximum Gasteiger partial charge on any atom is 0.335 e. The number of carbonyl (C=O) groups is 2. The zero-order valence-corrected chi connectivity index (χ0v) is 28.8. The van der Waals surface area contributed by atoms with Crippen molar-refractivity contribution >= 4 is 17.4 Å². The number of nitrogens with one attached hydrogen (secondary N) is 1. The molecule has 246 valence electrons. The summed E-state index contributed by atoms with van der Waals surface area (Å²) in [4.78, 5) is 25.6. The molecule has 0 bridgehead atoms. The van der Waals surface area contributed by atoms with Gasteiger partial charge in [-0.2, -0.15) is 0 Å². The summed E-state index contributed by atoms with van der Waals surface area (Å²) in [6.07, 6.45) is 13.5. The lowest BCUT2D eigenvalue weighted by atomic mass is 9.32. The van der Waals surface area contributed by atoms with E-state index >= 15 is 0 Å². The average molecular weight is 615 g/mol. The molecule has 4 N–H and O–H groups in total. The Balaban J connectivity index is 1.34. The van der Waals surface area contributed by atoms with Gasteiger partial charge < -0.3 is 16.2 Å². The number of amides is 1. The molecule has 1 aromatic rings. The summed E-state index contributed by atoms with van der Waals surface area (Å²) >= 11 is 0. The topological polar surface area (TPSA) is 92.4 Å². The van der Waals surface area contributed by atoms with Crippen molar-refractivity contribution in [2.24, 2.45) is 62.4 Å². The highest BCUT2D eigenvalue weighted by molar-refractivity contribution is 5.88. The number of hydrogen-bond acceptors (Lipinski definition) is 3. The van der Waals surface area contributed by atoms with E-state index in [1.807, 2.05) is 12.1 Å². The normalized spacial score (nSPS) is 41.5. The molecule has 6 rings (SSSR count). The molecule has 5 aliphatic rings. The first-order chi connectivity index (χ1) is 21.2. The Labute approximate surface area is 271 Å². The lowest BCUT2D eigenvalue weighted by molar-refractivity contribution is -0.225. The second-order valence-corrected chi connectivity index (χ2v) is 17.2. The van der Waals surface area contributed by atoms with Crippen LogP contribution in [-0.4, -0.2) is 30.1 Å². The minimum atomic E-state index is -0.874. The van der Waals surface area contributed by atoms with Gasteiger partial charge in [-0.1, -0.05) is 65.0 Å². The molecule has 4 fully saturated rings. The third-order valence-corrected chi connectivity index (χ3v) is 15.2. The molecule has 0 aromatic heterocycles. The molecular weight excluding hydrogens is 556 g/mol. The van der Waals surface area contributed by atoms with Crippen LogP contribution in [0.15, 0.2) is 42.5 Å². The van der Waals surface area contributed by atoms with Gasteiger partial charge in [-0.05, 0) is 152 Å². The molecule has 45 heavy (non-hydrogen) atoms. The number of hydrogen-bond donors (Lipinski definition) is 3. The maximum atomic E-state index is 14.1. The van der Waals surface area contributed by atoms with Gasteiger partial charge in [0.1, 0.15) is 0 Å². The molecule has 9 atom stereocenters. The van der Waals surface area contributed by atoms with Crippen molar-refractivity contribution < 1.29 is 14.7 Å². The van der Waals surface area contributed by atoms with Crippen molar-refractivity contribution in [3.05, 3.63) is 53.6 Å². The molecule has 1 amide bonds. The van der Waals surface area contributed by atoms with Crippen molar-refractivity contribution in [1.29, 1.82) is 0 Å². The van der Waals surface area contributed by atoms with Crippen LogP contribution in [0.5, 0.6) is 0 Å². The number of carboxylic acids is 1. The molecule has 0 heterocycles. The van der Waals surface area contributed by atoms with Crippen LogP contribution in [-0.2, 0) is 4.79 Å². The molecule has 1 aromatic carbocycles. The fourth-order valence-electron chi connectivity index (χ4n) is 12.9. The third kappa shape index (κ3) is 4.56. The van der Waals surface area contributed by atoms with Crippen LogP contribution in [0.3, 0.4) is 0 Å². The maximum absolute atomic E-state index is 14.1. The number of allylic oxidation sites excluding steroid dienone is 3. The van der Waals surface area contributed by atoms with Crippen LogP contribution in [0.1, 0.15) is 122 Å². The summed E-state index contributed by atoms with van der Waals surface area (Å²) in [6.45, 7) is 20.8. The first-order valence-corrected chi connectivity index (χ1v) is 17.9. The molecular formula is C40H58N2O3. The Morgan fingerprint density at radius 2 is 1.64 bits per heavy atom. The Morgan fingerprint density at radius 1 is 0.933 bits per heavy atom. The summed E-state index contributed by atoms with van der Waals surface area (Å²) < 4.78 is 0. The van der Waals surface area contributed by atoms with E-state index in [0.29, 0.717) is 48.2 Å². The number of nitrogens with two attached hydrogens (primary N) is 1. The van der Waals surface area contributed by atoms with E-state index in [4.69, 9.17) is 5.73 Å². The van der Waals surface area contributed by atoms with Crippen LogP contribution >= 0.6 is 0 Å². The van der Waals surface area contributed by atoms with E-state index in [-0.39, 0.29) is 33.0 Å². The van der Waals surface area contributed by atoms with Crippen molar-refractivity contribution in [3.63, 3.8) is 0 Å². The second-order valence-electron chi connectivity index (χ2n) is 17.2. The summed E-state index contributed by atoms with van der Waals surface area (Å²) in [5.74, 6) is 1.94. The molecule has 0 radical (unpaired) electrons. The number of fused-ring (bicyclic) bond motifs is 7. The molecule has 0 spiro atoms. The predicted octanol–water partition coefficient (Wildman–Crippen LogP) is 8.50. The fraction of sp³-hybridized carbons (Fsp3) is 0.700. The largest absolute Gasteiger partial charge is 0.478 e. The van der Waals surface area contributed by atoms with Gasteiger partial charge in [0.15, 0.2) is 0 Å². The van der Waals surface area contributed by atoms with Crippen molar-refractivity contribution in [3.8, 4) is 0 Å². The first kappa shape index (κ1) is 32.5. The van der Waals surface area contributed by atoms with Crippen LogP contribution < -0.4 is 11.1 Å².